The second-order valence-corrected chi connectivity index (χ2v) is 2.29. The van der Waals surface area contributed by atoms with Crippen molar-refractivity contribution in [3.63, 3.8) is 0 Å². The van der Waals surface area contributed by atoms with Gasteiger partial charge in [-0.25, -0.2) is 4.99 Å². The van der Waals surface area contributed by atoms with Gasteiger partial charge in [0.2, 0.25) is 5.43 Å². The molecule has 0 radical (unpaired) electrons. The van der Waals surface area contributed by atoms with Crippen LogP contribution in [0.1, 0.15) is 0 Å². The largest absolute Gasteiger partial charge is 0.370 e. The van der Waals surface area contributed by atoms with Gasteiger partial charge in [0.1, 0.15) is 5.69 Å². The number of hydrogen-bond donors (Lipinski definition) is 3. The van der Waals surface area contributed by atoms with E-state index in [9.17, 15) is 4.79 Å². The fraction of sp³-hybridized carbons (Fsp3) is 0. The summed E-state index contributed by atoms with van der Waals surface area (Å²) in [5.74, 6) is -0.206. The molecule has 0 amide bonds. The molecule has 1 aromatic rings. The van der Waals surface area contributed by atoms with Crippen molar-refractivity contribution >= 4 is 23.2 Å². The summed E-state index contributed by atoms with van der Waals surface area (Å²) >= 11 is 5.39. The molecule has 7 heteroatoms. The van der Waals surface area contributed by atoms with Crippen LogP contribution in [0.5, 0.6) is 0 Å². The Kier molecular flexibility index (Phi) is 2.29. The van der Waals surface area contributed by atoms with Crippen LogP contribution in [-0.2, 0) is 0 Å². The molecule has 0 atom stereocenters. The first kappa shape index (κ1) is 8.54. The van der Waals surface area contributed by atoms with Crippen LogP contribution in [0.2, 0.25) is 5.15 Å². The summed E-state index contributed by atoms with van der Waals surface area (Å²) in [6.45, 7) is 0. The van der Waals surface area contributed by atoms with Crippen molar-refractivity contribution in [2.24, 2.45) is 16.5 Å². The Morgan fingerprint density at radius 2 is 2.33 bits per heavy atom. The van der Waals surface area contributed by atoms with E-state index in [2.05, 4.69) is 15.2 Å². The summed E-state index contributed by atoms with van der Waals surface area (Å²) in [5.41, 5.74) is 9.64. The second kappa shape index (κ2) is 3.22. The summed E-state index contributed by atoms with van der Waals surface area (Å²) in [5, 5.41) is 5.60. The standard InChI is InChI=1S/C5H6ClN5O/c6-4-3(12)2(1-9-11-4)10-5(7)8/h1H,(H,9,12)(H4,7,8,10,11). The summed E-state index contributed by atoms with van der Waals surface area (Å²) < 4.78 is 0. The highest BCUT2D eigenvalue weighted by molar-refractivity contribution is 6.29. The van der Waals surface area contributed by atoms with Crippen LogP contribution >= 0.6 is 11.6 Å². The molecule has 0 spiro atoms. The number of hydrogen-bond acceptors (Lipinski definition) is 3. The van der Waals surface area contributed by atoms with Crippen LogP contribution in [-0.4, -0.2) is 16.2 Å². The Balaban J connectivity index is 3.27. The molecule has 0 saturated heterocycles. The zero-order chi connectivity index (χ0) is 9.14. The van der Waals surface area contributed by atoms with Gasteiger partial charge in [-0.2, -0.15) is 5.10 Å². The third kappa shape index (κ3) is 1.73. The van der Waals surface area contributed by atoms with Crippen molar-refractivity contribution in [1.82, 2.24) is 10.2 Å². The quantitative estimate of drug-likeness (QED) is 0.400. The Morgan fingerprint density at radius 3 is 2.92 bits per heavy atom. The third-order valence-electron chi connectivity index (χ3n) is 1.03. The maximum Gasteiger partial charge on any atom is 0.244 e. The van der Waals surface area contributed by atoms with E-state index in [0.29, 0.717) is 0 Å². The van der Waals surface area contributed by atoms with Crippen molar-refractivity contribution in [2.75, 3.05) is 0 Å². The highest BCUT2D eigenvalue weighted by atomic mass is 35.5. The molecule has 1 heterocycles. The van der Waals surface area contributed by atoms with E-state index in [4.69, 9.17) is 23.1 Å². The molecule has 5 N–H and O–H groups in total. The van der Waals surface area contributed by atoms with Gasteiger partial charge in [-0.15, -0.1) is 0 Å². The molecule has 0 aliphatic rings. The molecule has 0 unspecified atom stereocenters. The molecule has 1 aromatic heterocycles. The van der Waals surface area contributed by atoms with Crippen LogP contribution in [0.4, 0.5) is 5.69 Å². The lowest BCUT2D eigenvalue weighted by molar-refractivity contribution is 1.02. The number of nitrogens with two attached hydrogens (primary N) is 2. The molecule has 0 aromatic carbocycles. The zero-order valence-electron chi connectivity index (χ0n) is 5.91. The number of rotatable bonds is 1. The highest BCUT2D eigenvalue weighted by Gasteiger charge is 2.02. The van der Waals surface area contributed by atoms with Crippen LogP contribution in [0.15, 0.2) is 16.0 Å². The number of H-pyrrole nitrogens is 1. The second-order valence-electron chi connectivity index (χ2n) is 1.93. The van der Waals surface area contributed by atoms with E-state index in [0.717, 1.165) is 0 Å². The lowest BCUT2D eigenvalue weighted by Gasteiger charge is -1.92. The maximum atomic E-state index is 11.1. The minimum atomic E-state index is -0.510. The summed E-state index contributed by atoms with van der Waals surface area (Å²) in [6.07, 6.45) is 1.26. The minimum Gasteiger partial charge on any atom is -0.370 e. The van der Waals surface area contributed by atoms with Gasteiger partial charge in [-0.3, -0.25) is 9.89 Å². The van der Waals surface area contributed by atoms with E-state index in [1.807, 2.05) is 0 Å². The van der Waals surface area contributed by atoms with E-state index >= 15 is 0 Å². The normalized spacial score (nSPS) is 9.42. The van der Waals surface area contributed by atoms with E-state index in [-0.39, 0.29) is 16.8 Å². The van der Waals surface area contributed by atoms with Gasteiger partial charge in [-0.1, -0.05) is 11.6 Å². The monoisotopic (exact) mass is 187 g/mol. The first-order valence-electron chi connectivity index (χ1n) is 2.94. The van der Waals surface area contributed by atoms with E-state index < -0.39 is 5.43 Å². The van der Waals surface area contributed by atoms with Crippen molar-refractivity contribution in [3.8, 4) is 0 Å². The van der Waals surface area contributed by atoms with Crippen molar-refractivity contribution < 1.29 is 0 Å². The van der Waals surface area contributed by atoms with Gasteiger partial charge in [0.05, 0.1) is 6.20 Å². The predicted octanol–water partition coefficient (Wildman–Crippen LogP) is -0.672. The smallest absolute Gasteiger partial charge is 0.244 e. The first-order valence-corrected chi connectivity index (χ1v) is 3.32. The number of aromatic amines is 1. The molecule has 12 heavy (non-hydrogen) atoms. The molecule has 0 saturated carbocycles. The van der Waals surface area contributed by atoms with E-state index in [1.54, 1.807) is 0 Å². The molecule has 1 rings (SSSR count). The van der Waals surface area contributed by atoms with Gasteiger partial charge in [0.25, 0.3) is 0 Å². The average Bonchev–Trinajstić information content (AvgIpc) is 1.98. The van der Waals surface area contributed by atoms with Crippen LogP contribution in [0.25, 0.3) is 0 Å². The zero-order valence-corrected chi connectivity index (χ0v) is 6.67. The molecular formula is C5H6ClN5O. The summed E-state index contributed by atoms with van der Waals surface area (Å²) in [4.78, 5) is 14.6. The topological polar surface area (TPSA) is 110 Å². The van der Waals surface area contributed by atoms with E-state index in [1.165, 1.54) is 6.20 Å². The minimum absolute atomic E-state index is 0.0370. The third-order valence-corrected chi connectivity index (χ3v) is 1.29. The number of halogens is 1. The lowest BCUT2D eigenvalue weighted by Crippen LogP contribution is -2.23. The molecule has 0 aliphatic heterocycles. The van der Waals surface area contributed by atoms with Crippen molar-refractivity contribution in [3.05, 3.63) is 21.6 Å². The Bertz CT molecular complexity index is 366. The van der Waals surface area contributed by atoms with Crippen LogP contribution in [0.3, 0.4) is 0 Å². The average molecular weight is 188 g/mol. The molecule has 64 valence electrons. The molecule has 6 nitrogen and oxygen atoms in total. The Hall–Kier alpha value is -1.56. The van der Waals surface area contributed by atoms with Crippen LogP contribution in [0, 0.1) is 0 Å². The van der Waals surface area contributed by atoms with Gasteiger partial charge in [0, 0.05) is 0 Å². The number of aromatic nitrogens is 2. The van der Waals surface area contributed by atoms with Crippen LogP contribution < -0.4 is 16.9 Å². The number of nitrogens with zero attached hydrogens (tertiary/aromatic N) is 2. The van der Waals surface area contributed by atoms with Crippen molar-refractivity contribution in [1.29, 1.82) is 0 Å². The van der Waals surface area contributed by atoms with Gasteiger partial charge in [-0.05, 0) is 0 Å². The van der Waals surface area contributed by atoms with Gasteiger partial charge < -0.3 is 11.5 Å². The van der Waals surface area contributed by atoms with Gasteiger partial charge >= 0.3 is 0 Å². The Labute approximate surface area is 72.2 Å². The Morgan fingerprint density at radius 1 is 1.67 bits per heavy atom. The fourth-order valence-electron chi connectivity index (χ4n) is 0.594. The first-order chi connectivity index (χ1) is 5.61. The van der Waals surface area contributed by atoms with Crippen molar-refractivity contribution in [2.45, 2.75) is 0 Å². The number of nitrogens with one attached hydrogen (secondary N) is 1. The predicted molar refractivity (Wildman–Crippen MR) is 45.3 cm³/mol. The SMILES string of the molecule is NC(N)=Nc1c[nH]nc(Cl)c1=O. The number of guanidine groups is 1. The van der Waals surface area contributed by atoms with Gasteiger partial charge in [0.15, 0.2) is 11.1 Å². The molecule has 0 fully saturated rings. The maximum absolute atomic E-state index is 11.1. The summed E-state index contributed by atoms with van der Waals surface area (Å²) in [7, 11) is 0. The highest BCUT2D eigenvalue weighted by Crippen LogP contribution is 2.03. The molecule has 0 aliphatic carbocycles. The summed E-state index contributed by atoms with van der Waals surface area (Å²) in [6, 6.07) is 0. The molecule has 0 bridgehead atoms. The number of aliphatic imine (C=N–C) groups is 1. The molecular weight excluding hydrogens is 182 g/mol. The lowest BCUT2D eigenvalue weighted by atomic mass is 10.5. The fourth-order valence-corrected chi connectivity index (χ4v) is 0.740.